The third kappa shape index (κ3) is 4.15. The number of hydrogen-bond donors (Lipinski definition) is 1. The van der Waals surface area contributed by atoms with Gasteiger partial charge in [0.1, 0.15) is 0 Å². The van der Waals surface area contributed by atoms with Gasteiger partial charge in [-0.3, -0.25) is 0 Å². The van der Waals surface area contributed by atoms with Gasteiger partial charge in [0, 0.05) is 42.9 Å². The minimum absolute atomic E-state index is 0.903. The second-order valence-corrected chi connectivity index (χ2v) is 2.05. The van der Waals surface area contributed by atoms with Crippen LogP contribution in [-0.2, 0) is 6.42 Å². The highest BCUT2D eigenvalue weighted by Gasteiger charge is 1.90. The molecule has 0 amide bonds. The summed E-state index contributed by atoms with van der Waals surface area (Å²) in [4.78, 5) is 0. The summed E-state index contributed by atoms with van der Waals surface area (Å²) in [7, 11) is 0. The average molecular weight is 375 g/mol. The van der Waals surface area contributed by atoms with Crippen molar-refractivity contribution in [3.05, 3.63) is 29.8 Å². The van der Waals surface area contributed by atoms with Crippen molar-refractivity contribution in [2.75, 3.05) is 5.73 Å². The molecule has 11 heavy (non-hydrogen) atoms. The van der Waals surface area contributed by atoms with Crippen LogP contribution in [0.2, 0.25) is 0 Å². The van der Waals surface area contributed by atoms with Gasteiger partial charge in [-0.15, -0.1) is 0 Å². The summed E-state index contributed by atoms with van der Waals surface area (Å²) in [6, 6.07) is 7.94. The van der Waals surface area contributed by atoms with E-state index in [1.54, 1.807) is 0 Å². The smallest absolute Gasteiger partial charge is 0.0346 e. The number of halogens is 2. The maximum absolute atomic E-state index is 5.63. The van der Waals surface area contributed by atoms with Gasteiger partial charge >= 0.3 is 0 Å². The first-order valence-electron chi connectivity index (χ1n) is 3.32. The Balaban J connectivity index is 0.000000461. The first-order chi connectivity index (χ1) is 5.34. The molecule has 0 saturated heterocycles. The molecule has 0 unspecified atom stereocenters. The van der Waals surface area contributed by atoms with Crippen LogP contribution in [0.3, 0.4) is 0 Å². The Morgan fingerprint density at radius 2 is 1.82 bits per heavy atom. The van der Waals surface area contributed by atoms with Gasteiger partial charge in [0.25, 0.3) is 0 Å². The molecule has 0 spiro atoms. The third-order valence-electron chi connectivity index (χ3n) is 1.44. The Morgan fingerprint density at radius 1 is 1.27 bits per heavy atom. The lowest BCUT2D eigenvalue weighted by Crippen LogP contribution is -1.90. The minimum atomic E-state index is 0.903. The van der Waals surface area contributed by atoms with Crippen LogP contribution in [0.5, 0.6) is 0 Å². The highest BCUT2D eigenvalue weighted by molar-refractivity contribution is 15.0. The first-order valence-corrected chi connectivity index (χ1v) is 9.61. The number of nitrogen functional groups attached to an aromatic ring is 1. The minimum Gasteiger partial charge on any atom is -0.399 e. The molecule has 3 heteroatoms. The molecule has 0 radical (unpaired) electrons. The highest BCUT2D eigenvalue weighted by Crippen LogP contribution is 2.09. The van der Waals surface area contributed by atoms with Gasteiger partial charge in [0.15, 0.2) is 0 Å². The van der Waals surface area contributed by atoms with E-state index in [4.69, 9.17) is 5.73 Å². The molecule has 0 heterocycles. The van der Waals surface area contributed by atoms with E-state index in [1.807, 2.05) is 18.2 Å². The molecule has 0 saturated carbocycles. The van der Waals surface area contributed by atoms with Crippen molar-refractivity contribution in [2.45, 2.75) is 13.3 Å². The molecule has 0 aliphatic heterocycles. The van der Waals surface area contributed by atoms with E-state index in [2.05, 4.69) is 50.2 Å². The van der Waals surface area contributed by atoms with Crippen LogP contribution in [0.15, 0.2) is 24.3 Å². The Kier molecular flexibility index (Phi) is 7.46. The summed E-state index contributed by atoms with van der Waals surface area (Å²) < 4.78 is 0. The van der Waals surface area contributed by atoms with Crippen LogP contribution in [0.1, 0.15) is 12.5 Å². The van der Waals surface area contributed by atoms with Gasteiger partial charge in [0.2, 0.25) is 0 Å². The predicted octanol–water partition coefficient (Wildman–Crippen LogP) is 3.60. The second kappa shape index (κ2) is 7.15. The van der Waals surface area contributed by atoms with Gasteiger partial charge in [0.05, 0.1) is 0 Å². The average Bonchev–Trinajstić information content (AvgIpc) is 2.09. The number of aryl methyl sites for hydroxylation is 1. The lowest BCUT2D eigenvalue weighted by Gasteiger charge is -1.98. The van der Waals surface area contributed by atoms with Gasteiger partial charge in [-0.1, -0.05) is 25.1 Å². The van der Waals surface area contributed by atoms with Crippen LogP contribution in [-0.4, -0.2) is 0 Å². The van der Waals surface area contributed by atoms with E-state index >= 15 is 0 Å². The Labute approximate surface area is 91.1 Å². The van der Waals surface area contributed by atoms with E-state index in [0.717, 1.165) is 12.1 Å². The van der Waals surface area contributed by atoms with Crippen LogP contribution in [0, 0.1) is 0 Å². The summed E-state index contributed by atoms with van der Waals surface area (Å²) in [6.07, 6.45) is 1.02. The molecule has 0 bridgehead atoms. The van der Waals surface area contributed by atoms with E-state index in [1.165, 1.54) is 5.56 Å². The van der Waals surface area contributed by atoms with Crippen molar-refractivity contribution in [3.8, 4) is 0 Å². The van der Waals surface area contributed by atoms with Crippen molar-refractivity contribution in [1.29, 1.82) is 0 Å². The number of benzene rings is 1. The number of anilines is 1. The third-order valence-corrected chi connectivity index (χ3v) is 1.44. The van der Waals surface area contributed by atoms with E-state index < -0.39 is 0 Å². The SMILES string of the molecule is CCc1ccccc1N.II. The normalized spacial score (nSPS) is 8.27. The fourth-order valence-electron chi connectivity index (χ4n) is 0.856. The lowest BCUT2D eigenvalue weighted by atomic mass is 10.1. The van der Waals surface area contributed by atoms with Crippen LogP contribution < -0.4 is 5.73 Å². The first kappa shape index (κ1) is 11.5. The number of hydrogen-bond acceptors (Lipinski definition) is 1. The molecule has 62 valence electrons. The van der Waals surface area contributed by atoms with Gasteiger partial charge < -0.3 is 5.73 Å². The van der Waals surface area contributed by atoms with Crippen molar-refractivity contribution >= 4 is 42.9 Å². The lowest BCUT2D eigenvalue weighted by molar-refractivity contribution is 1.14. The summed E-state index contributed by atoms with van der Waals surface area (Å²) in [5.41, 5.74) is 7.77. The molecule has 0 atom stereocenters. The Bertz CT molecular complexity index is 201. The molecule has 0 fully saturated rings. The zero-order chi connectivity index (χ0) is 8.69. The van der Waals surface area contributed by atoms with Crippen molar-refractivity contribution < 1.29 is 0 Å². The van der Waals surface area contributed by atoms with Gasteiger partial charge in [-0.25, -0.2) is 0 Å². The fraction of sp³-hybridized carbons (Fsp3) is 0.250. The maximum atomic E-state index is 5.63. The predicted molar refractivity (Wildman–Crippen MR) is 68.3 cm³/mol. The molecular formula is C8H11I2N. The molecule has 1 aromatic rings. The molecule has 1 nitrogen and oxygen atoms in total. The van der Waals surface area contributed by atoms with E-state index in [-0.39, 0.29) is 0 Å². The van der Waals surface area contributed by atoms with Crippen LogP contribution in [0.25, 0.3) is 0 Å². The molecule has 1 rings (SSSR count). The van der Waals surface area contributed by atoms with E-state index in [0.29, 0.717) is 0 Å². The Morgan fingerprint density at radius 3 is 2.18 bits per heavy atom. The summed E-state index contributed by atoms with van der Waals surface area (Å²) in [5.74, 6) is 0. The molecule has 0 aliphatic rings. The topological polar surface area (TPSA) is 26.0 Å². The zero-order valence-corrected chi connectivity index (χ0v) is 10.7. The summed E-state index contributed by atoms with van der Waals surface area (Å²) in [6.45, 7) is 2.10. The molecule has 0 aromatic heterocycles. The molecule has 2 N–H and O–H groups in total. The highest BCUT2D eigenvalue weighted by atomic mass is 128. The quantitative estimate of drug-likeness (QED) is 0.589. The van der Waals surface area contributed by atoms with Crippen molar-refractivity contribution in [2.24, 2.45) is 0 Å². The monoisotopic (exact) mass is 375 g/mol. The summed E-state index contributed by atoms with van der Waals surface area (Å²) in [5, 5.41) is 0. The maximum Gasteiger partial charge on any atom is 0.0346 e. The second-order valence-electron chi connectivity index (χ2n) is 2.05. The number of para-hydroxylation sites is 1. The molecule has 0 aliphatic carbocycles. The van der Waals surface area contributed by atoms with Crippen molar-refractivity contribution in [1.82, 2.24) is 0 Å². The van der Waals surface area contributed by atoms with Gasteiger partial charge in [-0.2, -0.15) is 0 Å². The standard InChI is InChI=1S/C8H11N.I2/c1-2-7-5-3-4-6-8(7)9;1-2/h3-6H,2,9H2,1H3;. The Hall–Kier alpha value is 0.480. The molecular weight excluding hydrogens is 364 g/mol. The van der Waals surface area contributed by atoms with E-state index in [9.17, 15) is 0 Å². The number of rotatable bonds is 1. The van der Waals surface area contributed by atoms with Crippen LogP contribution >= 0.6 is 37.2 Å². The van der Waals surface area contributed by atoms with Gasteiger partial charge in [-0.05, 0) is 18.1 Å². The molecule has 1 aromatic carbocycles. The largest absolute Gasteiger partial charge is 0.399 e. The van der Waals surface area contributed by atoms with Crippen LogP contribution in [0.4, 0.5) is 5.69 Å². The zero-order valence-electron chi connectivity index (χ0n) is 6.35. The van der Waals surface area contributed by atoms with Crippen molar-refractivity contribution in [3.63, 3.8) is 0 Å². The summed E-state index contributed by atoms with van der Waals surface area (Å²) >= 11 is 4.24. The fourth-order valence-corrected chi connectivity index (χ4v) is 0.856. The number of nitrogens with two attached hydrogens (primary N) is 1.